The molecule has 3 aromatic rings. The van der Waals surface area contributed by atoms with Gasteiger partial charge in [0.2, 0.25) is 0 Å². The lowest BCUT2D eigenvalue weighted by atomic mass is 10.1. The number of nitrogens with zero attached hydrogens (tertiary/aromatic N) is 3. The molecule has 1 amide bonds. The maximum absolute atomic E-state index is 13.4. The Morgan fingerprint density at radius 1 is 1.21 bits per heavy atom. The minimum atomic E-state index is -4.52. The monoisotopic (exact) mass is 479 g/mol. The van der Waals surface area contributed by atoms with Crippen molar-refractivity contribution in [2.24, 2.45) is 0 Å². The average Bonchev–Trinajstić information content (AvgIpc) is 3.24. The molecule has 33 heavy (non-hydrogen) atoms. The molecular formula is C23H24F3N3O3S. The van der Waals surface area contributed by atoms with Gasteiger partial charge in [-0.05, 0) is 36.8 Å². The number of fused-ring (bicyclic) bond motifs is 1. The Hall–Kier alpha value is -2.69. The van der Waals surface area contributed by atoms with E-state index in [0.29, 0.717) is 42.6 Å². The van der Waals surface area contributed by atoms with Crippen LogP contribution in [0.5, 0.6) is 5.75 Å². The first-order valence-corrected chi connectivity index (χ1v) is 11.4. The normalized spacial score (nSPS) is 15.0. The molecule has 0 atom stereocenters. The first kappa shape index (κ1) is 23.5. The number of thiazole rings is 1. The highest BCUT2D eigenvalue weighted by Crippen LogP contribution is 2.33. The minimum absolute atomic E-state index is 0.0203. The molecule has 1 fully saturated rings. The Morgan fingerprint density at radius 3 is 2.73 bits per heavy atom. The molecule has 1 aromatic heterocycles. The van der Waals surface area contributed by atoms with Gasteiger partial charge in [-0.25, -0.2) is 4.98 Å². The summed E-state index contributed by atoms with van der Waals surface area (Å²) in [5.74, 6) is 0.136. The van der Waals surface area contributed by atoms with Crippen molar-refractivity contribution in [3.63, 3.8) is 0 Å². The standard InChI is InChI=1S/C23H24F3N3O3S/c1-31-18-6-7-20-19(15-18)27-22(33-20)29(9-3-8-28-10-12-32-13-11-28)21(30)16-4-2-5-17(14-16)23(24,25)26/h2,4-7,14-15H,3,8-13H2,1H3. The lowest BCUT2D eigenvalue weighted by Crippen LogP contribution is -2.39. The number of methoxy groups -OCH3 is 1. The molecule has 1 aliphatic heterocycles. The van der Waals surface area contributed by atoms with Crippen LogP contribution in [0, 0.1) is 0 Å². The van der Waals surface area contributed by atoms with Crippen molar-refractivity contribution in [1.29, 1.82) is 0 Å². The first-order chi connectivity index (χ1) is 15.8. The van der Waals surface area contributed by atoms with E-state index >= 15 is 0 Å². The summed E-state index contributed by atoms with van der Waals surface area (Å²) in [6.07, 6.45) is -3.87. The zero-order valence-electron chi connectivity index (χ0n) is 18.1. The molecule has 0 spiro atoms. The number of rotatable bonds is 7. The van der Waals surface area contributed by atoms with Crippen LogP contribution in [0.25, 0.3) is 10.2 Å². The van der Waals surface area contributed by atoms with E-state index in [2.05, 4.69) is 9.88 Å². The SMILES string of the molecule is COc1ccc2sc(N(CCCN3CCOCC3)C(=O)c3cccc(C(F)(F)F)c3)nc2c1. The molecule has 2 heterocycles. The van der Waals surface area contributed by atoms with Crippen LogP contribution in [-0.2, 0) is 10.9 Å². The predicted molar refractivity (Wildman–Crippen MR) is 121 cm³/mol. The zero-order valence-corrected chi connectivity index (χ0v) is 18.9. The molecule has 10 heteroatoms. The van der Waals surface area contributed by atoms with E-state index in [0.717, 1.165) is 36.5 Å². The highest BCUT2D eigenvalue weighted by Gasteiger charge is 2.32. The number of anilines is 1. The number of alkyl halides is 3. The van der Waals surface area contributed by atoms with Crippen molar-refractivity contribution < 1.29 is 27.4 Å². The van der Waals surface area contributed by atoms with Gasteiger partial charge >= 0.3 is 6.18 Å². The van der Waals surface area contributed by atoms with Crippen molar-refractivity contribution in [1.82, 2.24) is 9.88 Å². The Balaban J connectivity index is 1.61. The molecular weight excluding hydrogens is 455 g/mol. The molecule has 0 saturated carbocycles. The largest absolute Gasteiger partial charge is 0.497 e. The Labute approximate surface area is 193 Å². The van der Waals surface area contributed by atoms with Gasteiger partial charge in [0.1, 0.15) is 5.75 Å². The van der Waals surface area contributed by atoms with Gasteiger partial charge in [0.05, 0.1) is 36.1 Å². The van der Waals surface area contributed by atoms with E-state index in [-0.39, 0.29) is 5.56 Å². The summed E-state index contributed by atoms with van der Waals surface area (Å²) in [6, 6.07) is 9.96. The summed E-state index contributed by atoms with van der Waals surface area (Å²) in [4.78, 5) is 21.7. The minimum Gasteiger partial charge on any atom is -0.497 e. The maximum Gasteiger partial charge on any atom is 0.416 e. The number of aromatic nitrogens is 1. The molecule has 1 saturated heterocycles. The number of morpholine rings is 1. The third-order valence-corrected chi connectivity index (χ3v) is 6.52. The summed E-state index contributed by atoms with van der Waals surface area (Å²) in [6.45, 7) is 4.09. The van der Waals surface area contributed by atoms with Crippen LogP contribution in [0.2, 0.25) is 0 Å². The van der Waals surface area contributed by atoms with E-state index in [1.807, 2.05) is 12.1 Å². The average molecular weight is 480 g/mol. The number of halogens is 3. The fourth-order valence-electron chi connectivity index (χ4n) is 3.68. The van der Waals surface area contributed by atoms with Crippen LogP contribution in [0.3, 0.4) is 0 Å². The molecule has 176 valence electrons. The molecule has 0 radical (unpaired) electrons. The van der Waals surface area contributed by atoms with Gasteiger partial charge < -0.3 is 9.47 Å². The summed E-state index contributed by atoms with van der Waals surface area (Å²) in [7, 11) is 1.56. The summed E-state index contributed by atoms with van der Waals surface area (Å²) in [5, 5.41) is 0.447. The van der Waals surface area contributed by atoms with Gasteiger partial charge in [0.15, 0.2) is 5.13 Å². The molecule has 0 bridgehead atoms. The zero-order chi connectivity index (χ0) is 23.4. The second kappa shape index (κ2) is 10.1. The van der Waals surface area contributed by atoms with Crippen molar-refractivity contribution in [3.05, 3.63) is 53.6 Å². The number of benzene rings is 2. The first-order valence-electron chi connectivity index (χ1n) is 10.6. The van der Waals surface area contributed by atoms with Crippen molar-refractivity contribution in [2.75, 3.05) is 51.4 Å². The van der Waals surface area contributed by atoms with E-state index < -0.39 is 17.6 Å². The van der Waals surface area contributed by atoms with Crippen molar-refractivity contribution in [2.45, 2.75) is 12.6 Å². The third-order valence-electron chi connectivity index (χ3n) is 5.46. The summed E-state index contributed by atoms with van der Waals surface area (Å²) in [5.41, 5.74) is -0.201. The lowest BCUT2D eigenvalue weighted by Gasteiger charge is -2.27. The highest BCUT2D eigenvalue weighted by molar-refractivity contribution is 7.22. The van der Waals surface area contributed by atoms with Gasteiger partial charge in [0.25, 0.3) is 5.91 Å². The van der Waals surface area contributed by atoms with Gasteiger partial charge in [-0.2, -0.15) is 13.2 Å². The van der Waals surface area contributed by atoms with Crippen molar-refractivity contribution in [3.8, 4) is 5.75 Å². The molecule has 1 aliphatic rings. The van der Waals surface area contributed by atoms with E-state index in [4.69, 9.17) is 9.47 Å². The third kappa shape index (κ3) is 5.63. The molecule has 0 aliphatic carbocycles. The van der Waals surface area contributed by atoms with Gasteiger partial charge in [-0.15, -0.1) is 0 Å². The Kier molecular flexibility index (Phi) is 7.16. The number of amides is 1. The quantitative estimate of drug-likeness (QED) is 0.492. The van der Waals surface area contributed by atoms with Crippen molar-refractivity contribution >= 4 is 32.6 Å². The van der Waals surface area contributed by atoms with Crippen LogP contribution < -0.4 is 9.64 Å². The molecule has 0 unspecified atom stereocenters. The maximum atomic E-state index is 13.4. The van der Waals surface area contributed by atoms with Gasteiger partial charge in [-0.1, -0.05) is 17.4 Å². The Bertz CT molecular complexity index is 1110. The van der Waals surface area contributed by atoms with Gasteiger partial charge in [-0.3, -0.25) is 14.6 Å². The van der Waals surface area contributed by atoms with E-state index in [9.17, 15) is 18.0 Å². The lowest BCUT2D eigenvalue weighted by molar-refractivity contribution is -0.137. The van der Waals surface area contributed by atoms with Crippen LogP contribution in [-0.4, -0.2) is 62.3 Å². The topological polar surface area (TPSA) is 54.9 Å². The smallest absolute Gasteiger partial charge is 0.416 e. The summed E-state index contributed by atoms with van der Waals surface area (Å²) < 4.78 is 51.1. The number of ether oxygens (including phenoxy) is 2. The van der Waals surface area contributed by atoms with Crippen LogP contribution in [0.15, 0.2) is 42.5 Å². The van der Waals surface area contributed by atoms with Crippen LogP contribution in [0.1, 0.15) is 22.3 Å². The van der Waals surface area contributed by atoms with E-state index in [1.165, 1.54) is 28.4 Å². The van der Waals surface area contributed by atoms with Crippen LogP contribution in [0.4, 0.5) is 18.3 Å². The highest BCUT2D eigenvalue weighted by atomic mass is 32.1. The molecule has 0 N–H and O–H groups in total. The fourth-order valence-corrected chi connectivity index (χ4v) is 4.65. The second-order valence-corrected chi connectivity index (χ2v) is 8.68. The second-order valence-electron chi connectivity index (χ2n) is 7.67. The molecule has 4 rings (SSSR count). The predicted octanol–water partition coefficient (Wildman–Crippen LogP) is 4.69. The van der Waals surface area contributed by atoms with Crippen LogP contribution >= 0.6 is 11.3 Å². The van der Waals surface area contributed by atoms with Gasteiger partial charge in [0, 0.05) is 37.8 Å². The Morgan fingerprint density at radius 2 is 2.00 bits per heavy atom. The fraction of sp³-hybridized carbons (Fsp3) is 0.391. The number of carbonyl (C=O) groups excluding carboxylic acids is 1. The molecule has 2 aromatic carbocycles. The van der Waals surface area contributed by atoms with E-state index in [1.54, 1.807) is 13.2 Å². The number of hydrogen-bond acceptors (Lipinski definition) is 6. The number of carbonyl (C=O) groups is 1. The molecule has 6 nitrogen and oxygen atoms in total. The number of hydrogen-bond donors (Lipinski definition) is 0. The summed E-state index contributed by atoms with van der Waals surface area (Å²) >= 11 is 1.33.